The molecule has 0 saturated heterocycles. The fraction of sp³-hybridized carbons (Fsp3) is 0.320. The lowest BCUT2D eigenvalue weighted by molar-refractivity contribution is 0.1000. The Hall–Kier alpha value is -2.92. The molecule has 3 aromatic rings. The molecule has 1 aromatic heterocycles. The fourth-order valence-electron chi connectivity index (χ4n) is 4.13. The number of methoxy groups -OCH3 is 2. The number of nitrogens with two attached hydrogens (primary N) is 1. The Morgan fingerprint density at radius 1 is 1.06 bits per heavy atom. The Morgan fingerprint density at radius 3 is 2.39 bits per heavy atom. The quantitative estimate of drug-likeness (QED) is 0.482. The number of nitrogens with zero attached hydrogens (tertiary/aromatic N) is 1. The summed E-state index contributed by atoms with van der Waals surface area (Å²) < 4.78 is 13.0. The zero-order valence-electron chi connectivity index (χ0n) is 18.5. The lowest BCUT2D eigenvalue weighted by atomic mass is 9.98. The third-order valence-electron chi connectivity index (χ3n) is 5.58. The number of hydrogen-bond acceptors (Lipinski definition) is 3. The molecule has 0 radical (unpaired) electrons. The summed E-state index contributed by atoms with van der Waals surface area (Å²) in [7, 11) is 3.26. The van der Waals surface area contributed by atoms with Crippen LogP contribution in [0.15, 0.2) is 42.5 Å². The van der Waals surface area contributed by atoms with E-state index >= 15 is 0 Å². The number of aryl methyl sites for hydroxylation is 1. The van der Waals surface area contributed by atoms with Gasteiger partial charge in [0.1, 0.15) is 0 Å². The van der Waals surface area contributed by atoms with Crippen LogP contribution >= 0.6 is 11.6 Å². The summed E-state index contributed by atoms with van der Waals surface area (Å²) in [5.41, 5.74) is 11.1. The van der Waals surface area contributed by atoms with Gasteiger partial charge >= 0.3 is 0 Å². The lowest BCUT2D eigenvalue weighted by Gasteiger charge is -2.14. The summed E-state index contributed by atoms with van der Waals surface area (Å²) in [6, 6.07) is 13.5. The third-order valence-corrected chi connectivity index (χ3v) is 5.91. The molecule has 0 bridgehead atoms. The van der Waals surface area contributed by atoms with Crippen molar-refractivity contribution in [3.63, 3.8) is 0 Å². The molecule has 2 aromatic carbocycles. The Morgan fingerprint density at radius 2 is 1.77 bits per heavy atom. The largest absolute Gasteiger partial charge is 0.493 e. The van der Waals surface area contributed by atoms with Gasteiger partial charge in [0.15, 0.2) is 11.5 Å². The van der Waals surface area contributed by atoms with Crippen LogP contribution in [0.2, 0.25) is 5.02 Å². The maximum atomic E-state index is 12.5. The molecule has 0 aliphatic carbocycles. The van der Waals surface area contributed by atoms with Gasteiger partial charge in [-0.3, -0.25) is 4.79 Å². The minimum Gasteiger partial charge on any atom is -0.493 e. The maximum absolute atomic E-state index is 12.5. The van der Waals surface area contributed by atoms with Gasteiger partial charge in [0.25, 0.3) is 5.91 Å². The van der Waals surface area contributed by atoms with Crippen LogP contribution in [0, 0.1) is 6.92 Å². The number of rotatable bonds is 9. The molecule has 31 heavy (non-hydrogen) atoms. The zero-order valence-corrected chi connectivity index (χ0v) is 19.3. The molecule has 1 amide bonds. The van der Waals surface area contributed by atoms with Gasteiger partial charge in [0.05, 0.1) is 19.8 Å². The van der Waals surface area contributed by atoms with Crippen LogP contribution in [0.4, 0.5) is 0 Å². The van der Waals surface area contributed by atoms with E-state index in [1.807, 2.05) is 49.4 Å². The molecule has 2 N–H and O–H groups in total. The minimum atomic E-state index is -0.436. The SMILES string of the molecule is CCCc1c(-c2ccccc2Cl)c(C(N)=O)c(C)n1CCc1ccc(OC)c(OC)c1. The number of carbonyl (C=O) groups excluding carboxylic acids is 1. The molecule has 0 unspecified atom stereocenters. The Kier molecular flexibility index (Phi) is 7.29. The van der Waals surface area contributed by atoms with Gasteiger partial charge in [-0.1, -0.05) is 49.2 Å². The van der Waals surface area contributed by atoms with Gasteiger partial charge in [0, 0.05) is 34.1 Å². The van der Waals surface area contributed by atoms with Crippen LogP contribution in [-0.2, 0) is 19.4 Å². The van der Waals surface area contributed by atoms with Crippen LogP contribution in [-0.4, -0.2) is 24.7 Å². The molecule has 5 nitrogen and oxygen atoms in total. The van der Waals surface area contributed by atoms with E-state index in [2.05, 4.69) is 11.5 Å². The predicted octanol–water partition coefficient (Wildman–Crippen LogP) is 5.43. The predicted molar refractivity (Wildman–Crippen MR) is 125 cm³/mol. The number of amides is 1. The van der Waals surface area contributed by atoms with E-state index in [-0.39, 0.29) is 0 Å². The highest BCUT2D eigenvalue weighted by atomic mass is 35.5. The molecule has 0 aliphatic heterocycles. The van der Waals surface area contributed by atoms with E-state index in [9.17, 15) is 4.79 Å². The van der Waals surface area contributed by atoms with E-state index < -0.39 is 5.91 Å². The number of primary amides is 1. The second kappa shape index (κ2) is 9.92. The van der Waals surface area contributed by atoms with Crippen molar-refractivity contribution in [3.8, 4) is 22.6 Å². The third kappa shape index (κ3) is 4.57. The first-order valence-electron chi connectivity index (χ1n) is 10.4. The summed E-state index contributed by atoms with van der Waals surface area (Å²) in [5, 5.41) is 0.611. The zero-order chi connectivity index (χ0) is 22.5. The first kappa shape index (κ1) is 22.8. The minimum absolute atomic E-state index is 0.436. The maximum Gasteiger partial charge on any atom is 0.251 e. The van der Waals surface area contributed by atoms with Gasteiger partial charge in [0.2, 0.25) is 0 Å². The Bertz CT molecular complexity index is 1090. The number of hydrogen-bond donors (Lipinski definition) is 1. The standard InChI is InChI=1S/C25H29ClN2O3/c1-5-8-20-24(18-9-6-7-10-19(18)26)23(25(27)29)16(2)28(20)14-13-17-11-12-21(30-3)22(15-17)31-4/h6-7,9-12,15H,5,8,13-14H2,1-4H3,(H2,27,29). The molecular formula is C25H29ClN2O3. The van der Waals surface area contributed by atoms with Gasteiger partial charge in [-0.15, -0.1) is 0 Å². The topological polar surface area (TPSA) is 66.5 Å². The Balaban J connectivity index is 2.07. The first-order valence-corrected chi connectivity index (χ1v) is 10.8. The van der Waals surface area contributed by atoms with E-state index in [1.165, 1.54) is 0 Å². The molecule has 0 aliphatic rings. The van der Waals surface area contributed by atoms with Crippen LogP contribution < -0.4 is 15.2 Å². The average molecular weight is 441 g/mol. The van der Waals surface area contributed by atoms with Crippen molar-refractivity contribution in [2.24, 2.45) is 5.73 Å². The average Bonchev–Trinajstić information content (AvgIpc) is 3.03. The molecule has 0 atom stereocenters. The van der Waals surface area contributed by atoms with Crippen molar-refractivity contribution in [1.29, 1.82) is 0 Å². The highest BCUT2D eigenvalue weighted by molar-refractivity contribution is 6.33. The summed E-state index contributed by atoms with van der Waals surface area (Å²) in [6.07, 6.45) is 2.53. The smallest absolute Gasteiger partial charge is 0.251 e. The number of halogens is 1. The molecular weight excluding hydrogens is 412 g/mol. The second-order valence-corrected chi connectivity index (χ2v) is 7.87. The van der Waals surface area contributed by atoms with Gasteiger partial charge in [-0.05, 0) is 43.5 Å². The van der Waals surface area contributed by atoms with Crippen LogP contribution in [0.25, 0.3) is 11.1 Å². The van der Waals surface area contributed by atoms with Crippen LogP contribution in [0.1, 0.15) is 40.7 Å². The van der Waals surface area contributed by atoms with E-state index in [0.717, 1.165) is 47.3 Å². The summed E-state index contributed by atoms with van der Waals surface area (Å²) in [5.74, 6) is 0.967. The van der Waals surface area contributed by atoms with Crippen molar-refractivity contribution in [2.75, 3.05) is 14.2 Å². The van der Waals surface area contributed by atoms with Crippen molar-refractivity contribution in [1.82, 2.24) is 4.57 Å². The van der Waals surface area contributed by atoms with E-state index in [4.69, 9.17) is 26.8 Å². The van der Waals surface area contributed by atoms with Gasteiger partial charge in [-0.25, -0.2) is 0 Å². The Labute approximate surface area is 188 Å². The van der Waals surface area contributed by atoms with Gasteiger partial charge < -0.3 is 19.8 Å². The lowest BCUT2D eigenvalue weighted by Crippen LogP contribution is -2.14. The number of carbonyl (C=O) groups is 1. The van der Waals surface area contributed by atoms with E-state index in [0.29, 0.717) is 28.6 Å². The molecule has 0 saturated carbocycles. The number of aromatic nitrogens is 1. The number of benzene rings is 2. The second-order valence-electron chi connectivity index (χ2n) is 7.47. The summed E-state index contributed by atoms with van der Waals surface area (Å²) in [6.45, 7) is 4.79. The first-order chi connectivity index (χ1) is 14.9. The molecule has 1 heterocycles. The summed E-state index contributed by atoms with van der Waals surface area (Å²) >= 11 is 6.52. The van der Waals surface area contributed by atoms with Crippen molar-refractivity contribution in [2.45, 2.75) is 39.7 Å². The summed E-state index contributed by atoms with van der Waals surface area (Å²) in [4.78, 5) is 12.5. The molecule has 164 valence electrons. The number of ether oxygens (including phenoxy) is 2. The molecule has 0 spiro atoms. The van der Waals surface area contributed by atoms with Crippen molar-refractivity contribution < 1.29 is 14.3 Å². The van der Waals surface area contributed by atoms with Crippen molar-refractivity contribution in [3.05, 3.63) is 70.0 Å². The van der Waals surface area contributed by atoms with Crippen LogP contribution in [0.3, 0.4) is 0 Å². The van der Waals surface area contributed by atoms with E-state index in [1.54, 1.807) is 14.2 Å². The van der Waals surface area contributed by atoms with Gasteiger partial charge in [-0.2, -0.15) is 0 Å². The molecule has 6 heteroatoms. The monoisotopic (exact) mass is 440 g/mol. The highest BCUT2D eigenvalue weighted by Crippen LogP contribution is 2.37. The fourth-order valence-corrected chi connectivity index (χ4v) is 4.36. The highest BCUT2D eigenvalue weighted by Gasteiger charge is 2.25. The molecule has 3 rings (SSSR count). The normalized spacial score (nSPS) is 10.9. The van der Waals surface area contributed by atoms with Crippen molar-refractivity contribution >= 4 is 17.5 Å². The molecule has 0 fully saturated rings. The van der Waals surface area contributed by atoms with Crippen LogP contribution in [0.5, 0.6) is 11.5 Å².